The third-order valence-electron chi connectivity index (χ3n) is 2.40. The van der Waals surface area contributed by atoms with E-state index >= 15 is 0 Å². The largest absolute Gasteiger partial charge is 0.416 e. The maximum absolute atomic E-state index is 12.4. The van der Waals surface area contributed by atoms with Gasteiger partial charge in [-0.3, -0.25) is 0 Å². The molecular weight excluding hydrogens is 263 g/mol. The summed E-state index contributed by atoms with van der Waals surface area (Å²) in [5.74, 6) is 0. The van der Waals surface area contributed by atoms with E-state index in [2.05, 4.69) is 4.98 Å². The third-order valence-corrected chi connectivity index (χ3v) is 3.30. The number of rotatable bonds is 3. The van der Waals surface area contributed by atoms with Crippen molar-refractivity contribution in [2.75, 3.05) is 0 Å². The van der Waals surface area contributed by atoms with Gasteiger partial charge in [-0.05, 0) is 17.7 Å². The molecule has 18 heavy (non-hydrogen) atoms. The fourth-order valence-electron chi connectivity index (χ4n) is 1.49. The van der Waals surface area contributed by atoms with Crippen LogP contribution in [0.4, 0.5) is 13.2 Å². The molecule has 0 saturated heterocycles. The standard InChI is InChI=1S/C12H10F3NOS/c13-12(14,15)9-3-1-8(2-4-9)5-11-16-10(6-17)7-18-11/h1-4,7,17H,5-6H2. The highest BCUT2D eigenvalue weighted by atomic mass is 32.1. The van der Waals surface area contributed by atoms with Crippen LogP contribution in [0.2, 0.25) is 0 Å². The Morgan fingerprint density at radius 2 is 1.83 bits per heavy atom. The number of alkyl halides is 3. The first kappa shape index (κ1) is 13.0. The molecular formula is C12H10F3NOS. The first-order valence-corrected chi connectivity index (χ1v) is 6.07. The highest BCUT2D eigenvalue weighted by Gasteiger charge is 2.29. The predicted molar refractivity (Wildman–Crippen MR) is 62.3 cm³/mol. The summed E-state index contributed by atoms with van der Waals surface area (Å²) in [6.07, 6.45) is -3.83. The zero-order chi connectivity index (χ0) is 13.2. The summed E-state index contributed by atoms with van der Waals surface area (Å²) in [6.45, 7) is -0.122. The monoisotopic (exact) mass is 273 g/mol. The first-order chi connectivity index (χ1) is 8.49. The summed E-state index contributed by atoms with van der Waals surface area (Å²) in [4.78, 5) is 4.14. The summed E-state index contributed by atoms with van der Waals surface area (Å²) < 4.78 is 37.1. The Balaban J connectivity index is 2.11. The molecule has 96 valence electrons. The van der Waals surface area contributed by atoms with Crippen molar-refractivity contribution in [1.29, 1.82) is 0 Å². The molecule has 1 aromatic carbocycles. The van der Waals surface area contributed by atoms with Gasteiger partial charge in [0.2, 0.25) is 0 Å². The molecule has 0 fully saturated rings. The highest BCUT2D eigenvalue weighted by molar-refractivity contribution is 7.09. The average molecular weight is 273 g/mol. The number of halogens is 3. The topological polar surface area (TPSA) is 33.1 Å². The van der Waals surface area contributed by atoms with Crippen LogP contribution in [0.25, 0.3) is 0 Å². The van der Waals surface area contributed by atoms with Gasteiger partial charge in [-0.15, -0.1) is 11.3 Å². The second kappa shape index (κ2) is 5.07. The molecule has 0 bridgehead atoms. The van der Waals surface area contributed by atoms with Gasteiger partial charge in [-0.1, -0.05) is 12.1 Å². The number of hydrogen-bond acceptors (Lipinski definition) is 3. The summed E-state index contributed by atoms with van der Waals surface area (Å²) in [7, 11) is 0. The van der Waals surface area contributed by atoms with E-state index in [9.17, 15) is 13.2 Å². The van der Waals surface area contributed by atoms with Gasteiger partial charge in [0.25, 0.3) is 0 Å². The van der Waals surface area contributed by atoms with Gasteiger partial charge in [-0.25, -0.2) is 4.98 Å². The van der Waals surface area contributed by atoms with Gasteiger partial charge in [0, 0.05) is 11.8 Å². The molecule has 2 rings (SSSR count). The number of benzene rings is 1. The highest BCUT2D eigenvalue weighted by Crippen LogP contribution is 2.29. The zero-order valence-electron chi connectivity index (χ0n) is 9.24. The summed E-state index contributed by atoms with van der Waals surface area (Å²) in [5, 5.41) is 11.4. The minimum Gasteiger partial charge on any atom is -0.390 e. The number of aliphatic hydroxyl groups excluding tert-OH is 1. The molecule has 0 amide bonds. The smallest absolute Gasteiger partial charge is 0.390 e. The molecule has 0 spiro atoms. The number of thiazole rings is 1. The van der Waals surface area contributed by atoms with Crippen LogP contribution in [0.3, 0.4) is 0 Å². The van der Waals surface area contributed by atoms with E-state index in [1.54, 1.807) is 5.38 Å². The van der Waals surface area contributed by atoms with Crippen LogP contribution in [0.1, 0.15) is 21.8 Å². The predicted octanol–water partition coefficient (Wildman–Crippen LogP) is 3.25. The van der Waals surface area contributed by atoms with E-state index in [1.165, 1.54) is 23.5 Å². The van der Waals surface area contributed by atoms with Gasteiger partial charge in [0.05, 0.1) is 22.9 Å². The van der Waals surface area contributed by atoms with Crippen molar-refractivity contribution in [3.05, 3.63) is 51.5 Å². The minimum absolute atomic E-state index is 0.122. The van der Waals surface area contributed by atoms with Crippen LogP contribution in [0.5, 0.6) is 0 Å². The second-order valence-electron chi connectivity index (χ2n) is 3.76. The van der Waals surface area contributed by atoms with Crippen molar-refractivity contribution in [3.8, 4) is 0 Å². The average Bonchev–Trinajstić information content (AvgIpc) is 2.76. The van der Waals surface area contributed by atoms with Crippen molar-refractivity contribution in [1.82, 2.24) is 4.98 Å². The molecule has 0 aliphatic carbocycles. The maximum Gasteiger partial charge on any atom is 0.416 e. The molecule has 0 saturated carbocycles. The Morgan fingerprint density at radius 1 is 1.17 bits per heavy atom. The van der Waals surface area contributed by atoms with E-state index < -0.39 is 11.7 Å². The fraction of sp³-hybridized carbons (Fsp3) is 0.250. The van der Waals surface area contributed by atoms with Crippen LogP contribution in [-0.2, 0) is 19.2 Å². The second-order valence-corrected chi connectivity index (χ2v) is 4.70. The van der Waals surface area contributed by atoms with Crippen LogP contribution in [0.15, 0.2) is 29.6 Å². The third kappa shape index (κ3) is 3.08. The number of hydrogen-bond donors (Lipinski definition) is 1. The van der Waals surface area contributed by atoms with E-state index in [4.69, 9.17) is 5.11 Å². The van der Waals surface area contributed by atoms with Crippen molar-refractivity contribution < 1.29 is 18.3 Å². The van der Waals surface area contributed by atoms with Gasteiger partial charge < -0.3 is 5.11 Å². The summed E-state index contributed by atoms with van der Waals surface area (Å²) in [5.41, 5.74) is 0.699. The molecule has 0 radical (unpaired) electrons. The Morgan fingerprint density at radius 3 is 2.33 bits per heavy atom. The Hall–Kier alpha value is -1.40. The maximum atomic E-state index is 12.4. The van der Waals surface area contributed by atoms with Crippen LogP contribution >= 0.6 is 11.3 Å². The lowest BCUT2D eigenvalue weighted by Gasteiger charge is -2.06. The molecule has 1 aromatic heterocycles. The summed E-state index contributed by atoms with van der Waals surface area (Å²) >= 11 is 1.39. The Kier molecular flexibility index (Phi) is 3.68. The quantitative estimate of drug-likeness (QED) is 0.931. The van der Waals surface area contributed by atoms with Crippen molar-refractivity contribution in [3.63, 3.8) is 0 Å². The van der Waals surface area contributed by atoms with Gasteiger partial charge in [0.1, 0.15) is 0 Å². The molecule has 2 aromatic rings. The number of nitrogens with zero attached hydrogens (tertiary/aromatic N) is 1. The normalized spacial score (nSPS) is 11.8. The molecule has 1 heterocycles. The minimum atomic E-state index is -4.30. The van der Waals surface area contributed by atoms with Gasteiger partial charge >= 0.3 is 6.18 Å². The molecule has 0 atom stereocenters. The lowest BCUT2D eigenvalue weighted by Crippen LogP contribution is -2.04. The van der Waals surface area contributed by atoms with Crippen molar-refractivity contribution >= 4 is 11.3 Å². The van der Waals surface area contributed by atoms with Crippen LogP contribution in [0, 0.1) is 0 Å². The Labute approximate surface area is 106 Å². The zero-order valence-corrected chi connectivity index (χ0v) is 10.1. The molecule has 0 aliphatic heterocycles. The van der Waals surface area contributed by atoms with E-state index in [1.807, 2.05) is 0 Å². The fourth-order valence-corrected chi connectivity index (χ4v) is 2.31. The first-order valence-electron chi connectivity index (χ1n) is 5.19. The molecule has 6 heteroatoms. The lowest BCUT2D eigenvalue weighted by atomic mass is 10.1. The van der Waals surface area contributed by atoms with Gasteiger partial charge in [0.15, 0.2) is 0 Å². The van der Waals surface area contributed by atoms with Crippen LogP contribution in [-0.4, -0.2) is 10.1 Å². The van der Waals surface area contributed by atoms with Crippen LogP contribution < -0.4 is 0 Å². The Bertz CT molecular complexity index is 519. The number of aromatic nitrogens is 1. The van der Waals surface area contributed by atoms with Gasteiger partial charge in [-0.2, -0.15) is 13.2 Å². The SMILES string of the molecule is OCc1csc(Cc2ccc(C(F)(F)F)cc2)n1. The molecule has 2 nitrogen and oxygen atoms in total. The lowest BCUT2D eigenvalue weighted by molar-refractivity contribution is -0.137. The van der Waals surface area contributed by atoms with Crippen molar-refractivity contribution in [2.45, 2.75) is 19.2 Å². The molecule has 0 aliphatic rings. The summed E-state index contributed by atoms with van der Waals surface area (Å²) in [6, 6.07) is 5.03. The van der Waals surface area contributed by atoms with E-state index in [0.717, 1.165) is 22.7 Å². The number of aliphatic hydroxyl groups is 1. The van der Waals surface area contributed by atoms with Crippen molar-refractivity contribution in [2.24, 2.45) is 0 Å². The van der Waals surface area contributed by atoms with E-state index in [-0.39, 0.29) is 6.61 Å². The molecule has 1 N–H and O–H groups in total. The molecule has 0 unspecified atom stereocenters. The van der Waals surface area contributed by atoms with E-state index in [0.29, 0.717) is 12.1 Å².